The van der Waals surface area contributed by atoms with Crippen LogP contribution in [0.15, 0.2) is 18.2 Å². The summed E-state index contributed by atoms with van der Waals surface area (Å²) in [6.07, 6.45) is 0.641. The molecule has 2 N–H and O–H groups in total. The molecule has 20 heavy (non-hydrogen) atoms. The van der Waals surface area contributed by atoms with Crippen molar-refractivity contribution in [2.24, 2.45) is 5.92 Å². The van der Waals surface area contributed by atoms with Crippen LogP contribution in [-0.2, 0) is 4.79 Å². The lowest BCUT2D eigenvalue weighted by atomic mass is 9.99. The van der Waals surface area contributed by atoms with Crippen LogP contribution in [0, 0.1) is 16.0 Å². The maximum Gasteiger partial charge on any atom is 0.326 e. The van der Waals surface area contributed by atoms with E-state index in [0.717, 1.165) is 0 Å². The first-order chi connectivity index (χ1) is 9.40. The standard InChI is InChI=1S/C13H18N2O5/c1-4-8(2)12(13(16)17)14-10-7-9(20-3)5-6-11(10)15(18)19/h5-8,12,14H,4H2,1-3H3,(H,16,17)/t8-,12-/m0/s1. The fourth-order valence-electron chi connectivity index (χ4n) is 1.77. The van der Waals surface area contributed by atoms with Gasteiger partial charge in [0.1, 0.15) is 17.5 Å². The summed E-state index contributed by atoms with van der Waals surface area (Å²) in [7, 11) is 1.44. The summed E-state index contributed by atoms with van der Waals surface area (Å²) in [5, 5.41) is 23.0. The molecule has 1 aromatic carbocycles. The minimum Gasteiger partial charge on any atom is -0.497 e. The molecule has 0 bridgehead atoms. The maximum atomic E-state index is 11.3. The molecular weight excluding hydrogens is 264 g/mol. The summed E-state index contributed by atoms with van der Waals surface area (Å²) in [5.41, 5.74) is -0.0394. The fourth-order valence-corrected chi connectivity index (χ4v) is 1.77. The summed E-state index contributed by atoms with van der Waals surface area (Å²) < 4.78 is 5.01. The molecule has 110 valence electrons. The van der Waals surface area contributed by atoms with Gasteiger partial charge in [-0.05, 0) is 12.0 Å². The summed E-state index contributed by atoms with van der Waals surface area (Å²) in [6, 6.07) is 3.28. The number of nitrogens with zero attached hydrogens (tertiary/aromatic N) is 1. The molecule has 0 aliphatic heterocycles. The van der Waals surface area contributed by atoms with E-state index in [1.165, 1.54) is 25.3 Å². The molecule has 0 aromatic heterocycles. The average molecular weight is 282 g/mol. The van der Waals surface area contributed by atoms with Crippen molar-refractivity contribution in [3.63, 3.8) is 0 Å². The van der Waals surface area contributed by atoms with Gasteiger partial charge in [-0.1, -0.05) is 20.3 Å². The number of rotatable bonds is 7. The highest BCUT2D eigenvalue weighted by molar-refractivity contribution is 5.79. The van der Waals surface area contributed by atoms with Gasteiger partial charge in [0, 0.05) is 12.1 Å². The van der Waals surface area contributed by atoms with Crippen LogP contribution in [-0.4, -0.2) is 29.2 Å². The van der Waals surface area contributed by atoms with Crippen LogP contribution in [0.25, 0.3) is 0 Å². The van der Waals surface area contributed by atoms with Gasteiger partial charge in [0.15, 0.2) is 0 Å². The molecule has 0 amide bonds. The van der Waals surface area contributed by atoms with Gasteiger partial charge in [0.2, 0.25) is 0 Å². The number of carbonyl (C=O) groups is 1. The maximum absolute atomic E-state index is 11.3. The van der Waals surface area contributed by atoms with Gasteiger partial charge in [-0.15, -0.1) is 0 Å². The Morgan fingerprint density at radius 1 is 1.55 bits per heavy atom. The second-order valence-corrected chi connectivity index (χ2v) is 4.49. The number of aliphatic carboxylic acids is 1. The number of nitrogens with one attached hydrogen (secondary N) is 1. The second-order valence-electron chi connectivity index (χ2n) is 4.49. The van der Waals surface area contributed by atoms with Crippen LogP contribution >= 0.6 is 0 Å². The van der Waals surface area contributed by atoms with E-state index in [4.69, 9.17) is 4.74 Å². The van der Waals surface area contributed by atoms with E-state index >= 15 is 0 Å². The lowest BCUT2D eigenvalue weighted by molar-refractivity contribution is -0.384. The Morgan fingerprint density at radius 3 is 2.65 bits per heavy atom. The molecule has 0 saturated heterocycles. The van der Waals surface area contributed by atoms with Gasteiger partial charge < -0.3 is 15.2 Å². The molecule has 1 rings (SSSR count). The van der Waals surface area contributed by atoms with Gasteiger partial charge >= 0.3 is 5.97 Å². The predicted octanol–water partition coefficient (Wildman–Crippen LogP) is 2.51. The third-order valence-electron chi connectivity index (χ3n) is 3.19. The average Bonchev–Trinajstić information content (AvgIpc) is 2.42. The molecule has 0 aliphatic rings. The molecule has 7 nitrogen and oxygen atoms in total. The first kappa shape index (κ1) is 15.7. The normalized spacial score (nSPS) is 13.3. The molecule has 2 atom stereocenters. The zero-order valence-electron chi connectivity index (χ0n) is 11.6. The molecule has 0 radical (unpaired) electrons. The van der Waals surface area contributed by atoms with Gasteiger partial charge in [0.05, 0.1) is 12.0 Å². The Bertz CT molecular complexity index is 504. The van der Waals surface area contributed by atoms with E-state index in [9.17, 15) is 20.0 Å². The van der Waals surface area contributed by atoms with Crippen molar-refractivity contribution in [3.8, 4) is 5.75 Å². The van der Waals surface area contributed by atoms with Crippen LogP contribution in [0.2, 0.25) is 0 Å². The number of carboxylic acids is 1. The number of carboxylic acid groups (broad SMARTS) is 1. The van der Waals surface area contributed by atoms with Crippen molar-refractivity contribution in [2.75, 3.05) is 12.4 Å². The third-order valence-corrected chi connectivity index (χ3v) is 3.19. The largest absolute Gasteiger partial charge is 0.497 e. The number of methoxy groups -OCH3 is 1. The summed E-state index contributed by atoms with van der Waals surface area (Å²) in [5.74, 6) is -0.791. The second kappa shape index (κ2) is 6.74. The summed E-state index contributed by atoms with van der Waals surface area (Å²) in [4.78, 5) is 21.7. The van der Waals surface area contributed by atoms with Gasteiger partial charge in [-0.3, -0.25) is 10.1 Å². The Morgan fingerprint density at radius 2 is 2.20 bits per heavy atom. The van der Waals surface area contributed by atoms with Crippen LogP contribution < -0.4 is 10.1 Å². The Kier molecular flexibility index (Phi) is 5.31. The molecule has 0 fully saturated rings. The molecule has 0 aliphatic carbocycles. The van der Waals surface area contributed by atoms with E-state index in [0.29, 0.717) is 12.2 Å². The molecular formula is C13H18N2O5. The number of ether oxygens (including phenoxy) is 1. The number of anilines is 1. The zero-order valence-corrected chi connectivity index (χ0v) is 11.6. The van der Waals surface area contributed by atoms with Crippen molar-refractivity contribution in [3.05, 3.63) is 28.3 Å². The smallest absolute Gasteiger partial charge is 0.326 e. The Balaban J connectivity index is 3.15. The molecule has 0 spiro atoms. The Hall–Kier alpha value is -2.31. The molecule has 1 aromatic rings. The van der Waals surface area contributed by atoms with Crippen LogP contribution in [0.4, 0.5) is 11.4 Å². The van der Waals surface area contributed by atoms with Crippen LogP contribution in [0.3, 0.4) is 0 Å². The first-order valence-electron chi connectivity index (χ1n) is 6.22. The van der Waals surface area contributed by atoms with Crippen molar-refractivity contribution in [1.29, 1.82) is 0 Å². The minimum absolute atomic E-state index is 0.141. The lowest BCUT2D eigenvalue weighted by Crippen LogP contribution is -2.35. The quantitative estimate of drug-likeness (QED) is 0.588. The number of nitro benzene ring substituents is 1. The van der Waals surface area contributed by atoms with E-state index < -0.39 is 16.9 Å². The van der Waals surface area contributed by atoms with E-state index in [-0.39, 0.29) is 17.3 Å². The highest BCUT2D eigenvalue weighted by Gasteiger charge is 2.26. The molecule has 0 unspecified atom stereocenters. The topological polar surface area (TPSA) is 102 Å². The minimum atomic E-state index is -1.04. The third kappa shape index (κ3) is 3.59. The highest BCUT2D eigenvalue weighted by atomic mass is 16.6. The van der Waals surface area contributed by atoms with E-state index in [1.807, 2.05) is 6.92 Å². The fraction of sp³-hybridized carbons (Fsp3) is 0.462. The SMILES string of the molecule is CC[C@H](C)[C@H](Nc1cc(OC)ccc1[N+](=O)[O-])C(=O)O. The van der Waals surface area contributed by atoms with E-state index in [2.05, 4.69) is 5.32 Å². The summed E-state index contributed by atoms with van der Waals surface area (Å²) in [6.45, 7) is 3.64. The Labute approximate surface area is 116 Å². The zero-order chi connectivity index (χ0) is 15.3. The first-order valence-corrected chi connectivity index (χ1v) is 6.22. The molecule has 0 heterocycles. The molecule has 0 saturated carbocycles. The van der Waals surface area contributed by atoms with Crippen molar-refractivity contribution < 1.29 is 19.6 Å². The number of nitro groups is 1. The highest BCUT2D eigenvalue weighted by Crippen LogP contribution is 2.30. The number of hydrogen-bond acceptors (Lipinski definition) is 5. The van der Waals surface area contributed by atoms with Gasteiger partial charge in [-0.2, -0.15) is 0 Å². The monoisotopic (exact) mass is 282 g/mol. The molecule has 7 heteroatoms. The lowest BCUT2D eigenvalue weighted by Gasteiger charge is -2.21. The van der Waals surface area contributed by atoms with Crippen LogP contribution in [0.1, 0.15) is 20.3 Å². The van der Waals surface area contributed by atoms with E-state index in [1.54, 1.807) is 6.92 Å². The van der Waals surface area contributed by atoms with Crippen LogP contribution in [0.5, 0.6) is 5.75 Å². The van der Waals surface area contributed by atoms with Crippen molar-refractivity contribution >= 4 is 17.3 Å². The van der Waals surface area contributed by atoms with Gasteiger partial charge in [0.25, 0.3) is 5.69 Å². The van der Waals surface area contributed by atoms with Crippen molar-refractivity contribution in [1.82, 2.24) is 0 Å². The summed E-state index contributed by atoms with van der Waals surface area (Å²) >= 11 is 0. The van der Waals surface area contributed by atoms with Crippen molar-refractivity contribution in [2.45, 2.75) is 26.3 Å². The predicted molar refractivity (Wildman–Crippen MR) is 74.1 cm³/mol. The van der Waals surface area contributed by atoms with Gasteiger partial charge in [-0.25, -0.2) is 4.79 Å². The number of benzene rings is 1. The number of hydrogen-bond donors (Lipinski definition) is 2.